The van der Waals surface area contributed by atoms with E-state index in [9.17, 15) is 0 Å². The van der Waals surface area contributed by atoms with Gasteiger partial charge < -0.3 is 14.4 Å². The van der Waals surface area contributed by atoms with Crippen LogP contribution in [0.15, 0.2) is 54.6 Å². The van der Waals surface area contributed by atoms with Gasteiger partial charge in [0.05, 0.1) is 13.2 Å². The third kappa shape index (κ3) is 3.30. The molecule has 4 nitrogen and oxygen atoms in total. The molecule has 0 amide bonds. The Morgan fingerprint density at radius 2 is 1.56 bits per heavy atom. The predicted octanol–water partition coefficient (Wildman–Crippen LogP) is 3.61. The van der Waals surface area contributed by atoms with E-state index in [1.165, 1.54) is 16.8 Å². The topological polar surface area (TPSA) is 24.9 Å². The molecule has 0 unspecified atom stereocenters. The molecule has 4 rings (SSSR count). The van der Waals surface area contributed by atoms with Crippen molar-refractivity contribution in [2.45, 2.75) is 25.3 Å². The van der Waals surface area contributed by atoms with Crippen molar-refractivity contribution in [2.75, 3.05) is 38.3 Å². The maximum Gasteiger partial charge on any atom is 0.137 e. The Morgan fingerprint density at radius 3 is 2.24 bits per heavy atom. The molecular formula is C21H26N2O2. The van der Waals surface area contributed by atoms with E-state index in [0.29, 0.717) is 6.04 Å². The summed E-state index contributed by atoms with van der Waals surface area (Å²) < 4.78 is 11.9. The van der Waals surface area contributed by atoms with E-state index in [1.54, 1.807) is 0 Å². The van der Waals surface area contributed by atoms with E-state index in [1.807, 2.05) is 0 Å². The second-order valence-corrected chi connectivity index (χ2v) is 6.92. The third-order valence-corrected chi connectivity index (χ3v) is 5.41. The zero-order valence-electron chi connectivity index (χ0n) is 15.0. The van der Waals surface area contributed by atoms with Crippen molar-refractivity contribution < 1.29 is 9.47 Å². The number of hydrogen-bond acceptors (Lipinski definition) is 4. The first-order chi connectivity index (χ1) is 12.2. The van der Waals surface area contributed by atoms with Gasteiger partial charge in [-0.25, -0.2) is 0 Å². The summed E-state index contributed by atoms with van der Waals surface area (Å²) in [4.78, 5) is 4.70. The maximum absolute atomic E-state index is 6.44. The van der Waals surface area contributed by atoms with Gasteiger partial charge in [-0.05, 0) is 37.2 Å². The SMILES string of the molecule is C[C@@H]1[C@H](c2ccccc2)O[C@H](c2ccc(N3CCOCC3)cc2)N1C. The lowest BCUT2D eigenvalue weighted by Crippen LogP contribution is -2.36. The summed E-state index contributed by atoms with van der Waals surface area (Å²) in [5.41, 5.74) is 3.72. The standard InChI is InChI=1S/C21H26N2O2/c1-16-20(17-6-4-3-5-7-17)25-21(22(16)2)18-8-10-19(11-9-18)23-12-14-24-15-13-23/h3-11,16,20-21H,12-15H2,1-2H3/t16-,20-,21-/m1/s1. The Kier molecular flexibility index (Phi) is 4.75. The van der Waals surface area contributed by atoms with Gasteiger partial charge in [0.1, 0.15) is 12.3 Å². The number of benzene rings is 2. The van der Waals surface area contributed by atoms with E-state index in [-0.39, 0.29) is 12.3 Å². The molecular weight excluding hydrogens is 312 g/mol. The first-order valence-corrected chi connectivity index (χ1v) is 9.09. The molecule has 2 aliphatic rings. The lowest BCUT2D eigenvalue weighted by atomic mass is 10.0. The van der Waals surface area contributed by atoms with Crippen LogP contribution in [0, 0.1) is 0 Å². The van der Waals surface area contributed by atoms with Crippen LogP contribution in [0.3, 0.4) is 0 Å². The summed E-state index contributed by atoms with van der Waals surface area (Å²) in [6.07, 6.45) is 0.106. The Bertz CT molecular complexity index is 683. The minimum absolute atomic E-state index is 0.000977. The number of likely N-dealkylation sites (N-methyl/N-ethyl adjacent to an activating group) is 1. The lowest BCUT2D eigenvalue weighted by Gasteiger charge is -2.29. The van der Waals surface area contributed by atoms with Crippen LogP contribution in [-0.4, -0.2) is 44.3 Å². The molecule has 0 N–H and O–H groups in total. The summed E-state index contributed by atoms with van der Waals surface area (Å²) in [5.74, 6) is 0. The largest absolute Gasteiger partial charge is 0.378 e. The van der Waals surface area contributed by atoms with Gasteiger partial charge in [-0.3, -0.25) is 4.90 Å². The average molecular weight is 338 g/mol. The van der Waals surface area contributed by atoms with Gasteiger partial charge in [-0.1, -0.05) is 42.5 Å². The van der Waals surface area contributed by atoms with Crippen molar-refractivity contribution >= 4 is 5.69 Å². The summed E-state index contributed by atoms with van der Waals surface area (Å²) >= 11 is 0. The molecule has 2 fully saturated rings. The van der Waals surface area contributed by atoms with Crippen LogP contribution in [0.2, 0.25) is 0 Å². The molecule has 2 aromatic carbocycles. The van der Waals surface area contributed by atoms with Crippen LogP contribution >= 0.6 is 0 Å². The number of morpholine rings is 1. The zero-order valence-corrected chi connectivity index (χ0v) is 15.0. The van der Waals surface area contributed by atoms with Crippen LogP contribution in [-0.2, 0) is 9.47 Å². The van der Waals surface area contributed by atoms with Crippen molar-refractivity contribution in [3.05, 3.63) is 65.7 Å². The first-order valence-electron chi connectivity index (χ1n) is 9.09. The number of hydrogen-bond donors (Lipinski definition) is 0. The Labute approximate surface area is 150 Å². The van der Waals surface area contributed by atoms with Gasteiger partial charge >= 0.3 is 0 Å². The fourth-order valence-corrected chi connectivity index (χ4v) is 3.76. The zero-order chi connectivity index (χ0) is 17.2. The van der Waals surface area contributed by atoms with Gasteiger partial charge in [-0.15, -0.1) is 0 Å². The van der Waals surface area contributed by atoms with Crippen LogP contribution in [0.4, 0.5) is 5.69 Å². The van der Waals surface area contributed by atoms with Crippen molar-refractivity contribution in [1.29, 1.82) is 0 Å². The van der Waals surface area contributed by atoms with Crippen molar-refractivity contribution in [3.8, 4) is 0 Å². The molecule has 2 aromatic rings. The smallest absolute Gasteiger partial charge is 0.137 e. The monoisotopic (exact) mass is 338 g/mol. The van der Waals surface area contributed by atoms with Gasteiger partial charge in [0, 0.05) is 24.8 Å². The molecule has 0 bridgehead atoms. The average Bonchev–Trinajstić information content (AvgIpc) is 2.98. The highest BCUT2D eigenvalue weighted by molar-refractivity contribution is 5.48. The molecule has 0 saturated carbocycles. The molecule has 2 aliphatic heterocycles. The van der Waals surface area contributed by atoms with Crippen molar-refractivity contribution in [3.63, 3.8) is 0 Å². The molecule has 0 aromatic heterocycles. The Balaban J connectivity index is 1.51. The summed E-state index contributed by atoms with van der Waals surface area (Å²) in [6, 6.07) is 19.7. The van der Waals surface area contributed by atoms with Gasteiger partial charge in [0.2, 0.25) is 0 Å². The summed E-state index contributed by atoms with van der Waals surface area (Å²) in [7, 11) is 2.15. The molecule has 2 heterocycles. The maximum atomic E-state index is 6.44. The first kappa shape index (κ1) is 16.6. The second-order valence-electron chi connectivity index (χ2n) is 6.92. The molecule has 0 aliphatic carbocycles. The highest BCUT2D eigenvalue weighted by atomic mass is 16.5. The number of anilines is 1. The van der Waals surface area contributed by atoms with E-state index in [2.05, 4.69) is 78.4 Å². The normalized spacial score (nSPS) is 27.6. The Morgan fingerprint density at radius 1 is 0.880 bits per heavy atom. The van der Waals surface area contributed by atoms with Crippen LogP contribution in [0.5, 0.6) is 0 Å². The predicted molar refractivity (Wildman–Crippen MR) is 99.7 cm³/mol. The van der Waals surface area contributed by atoms with Gasteiger partial charge in [0.25, 0.3) is 0 Å². The van der Waals surface area contributed by atoms with E-state index in [0.717, 1.165) is 26.3 Å². The number of rotatable bonds is 3. The minimum Gasteiger partial charge on any atom is -0.378 e. The molecule has 25 heavy (non-hydrogen) atoms. The summed E-state index contributed by atoms with van der Waals surface area (Å²) in [5, 5.41) is 0. The lowest BCUT2D eigenvalue weighted by molar-refractivity contribution is 0.00560. The van der Waals surface area contributed by atoms with Crippen LogP contribution < -0.4 is 4.90 Å². The molecule has 2 saturated heterocycles. The molecule has 0 spiro atoms. The van der Waals surface area contributed by atoms with E-state index in [4.69, 9.17) is 9.47 Å². The highest BCUT2D eigenvalue weighted by Crippen LogP contribution is 2.41. The Hall–Kier alpha value is -1.88. The van der Waals surface area contributed by atoms with Gasteiger partial charge in [-0.2, -0.15) is 0 Å². The van der Waals surface area contributed by atoms with E-state index >= 15 is 0 Å². The fourth-order valence-electron chi connectivity index (χ4n) is 3.76. The molecule has 0 radical (unpaired) electrons. The second kappa shape index (κ2) is 7.16. The van der Waals surface area contributed by atoms with Gasteiger partial charge in [0.15, 0.2) is 0 Å². The van der Waals surface area contributed by atoms with Crippen molar-refractivity contribution in [1.82, 2.24) is 4.90 Å². The number of nitrogens with zero attached hydrogens (tertiary/aromatic N) is 2. The fraction of sp³-hybridized carbons (Fsp3) is 0.429. The molecule has 4 heteroatoms. The molecule has 132 valence electrons. The number of ether oxygens (including phenoxy) is 2. The van der Waals surface area contributed by atoms with E-state index < -0.39 is 0 Å². The molecule has 3 atom stereocenters. The van der Waals surface area contributed by atoms with Crippen molar-refractivity contribution in [2.24, 2.45) is 0 Å². The minimum atomic E-state index is -0.000977. The highest BCUT2D eigenvalue weighted by Gasteiger charge is 2.38. The van der Waals surface area contributed by atoms with Crippen LogP contribution in [0.25, 0.3) is 0 Å². The summed E-state index contributed by atoms with van der Waals surface area (Å²) in [6.45, 7) is 5.79. The third-order valence-electron chi connectivity index (χ3n) is 5.41. The quantitative estimate of drug-likeness (QED) is 0.853. The van der Waals surface area contributed by atoms with Crippen LogP contribution in [0.1, 0.15) is 30.4 Å².